The van der Waals surface area contributed by atoms with Crippen molar-refractivity contribution in [3.63, 3.8) is 0 Å². The molecule has 1 aliphatic heterocycles. The van der Waals surface area contributed by atoms with Gasteiger partial charge in [0.05, 0.1) is 16.5 Å². The molecule has 8 nitrogen and oxygen atoms in total. The van der Waals surface area contributed by atoms with Crippen molar-refractivity contribution in [3.8, 4) is 5.75 Å². The number of carbonyl (C=O) groups is 1. The first-order chi connectivity index (χ1) is 10.1. The van der Waals surface area contributed by atoms with E-state index in [0.29, 0.717) is 4.47 Å². The van der Waals surface area contributed by atoms with E-state index >= 15 is 0 Å². The van der Waals surface area contributed by atoms with Crippen LogP contribution in [-0.2, 0) is 15.0 Å². The lowest BCUT2D eigenvalue weighted by Gasteiger charge is -2.17. The van der Waals surface area contributed by atoms with Crippen molar-refractivity contribution in [1.82, 2.24) is 0 Å². The van der Waals surface area contributed by atoms with Gasteiger partial charge in [-0.05, 0) is 15.9 Å². The van der Waals surface area contributed by atoms with Gasteiger partial charge < -0.3 is 9.64 Å². The molecule has 0 N–H and O–H groups in total. The first-order valence-electron chi connectivity index (χ1n) is 5.91. The van der Waals surface area contributed by atoms with Gasteiger partial charge in [-0.2, -0.15) is 8.42 Å². The van der Waals surface area contributed by atoms with Gasteiger partial charge in [0.25, 0.3) is 5.69 Å². The summed E-state index contributed by atoms with van der Waals surface area (Å²) in [5.74, 6) is -0.487. The third-order valence-electron chi connectivity index (χ3n) is 3.22. The first-order valence-corrected chi connectivity index (χ1v) is 8.15. The predicted octanol–water partition coefficient (Wildman–Crippen LogP) is 1.77. The lowest BCUT2D eigenvalue weighted by molar-refractivity contribution is -0.384. The molecule has 0 radical (unpaired) electrons. The number of hydrogen-bond donors (Lipinski definition) is 0. The fourth-order valence-electron chi connectivity index (χ4n) is 2.15. The van der Waals surface area contributed by atoms with Crippen molar-refractivity contribution in [2.45, 2.75) is 11.7 Å². The highest BCUT2D eigenvalue weighted by Gasteiger charge is 2.41. The van der Waals surface area contributed by atoms with Gasteiger partial charge >= 0.3 is 10.2 Å². The molecule has 0 spiro atoms. The van der Waals surface area contributed by atoms with Gasteiger partial charge in [-0.15, -0.1) is 3.89 Å². The molecule has 1 saturated heterocycles. The number of ether oxygens (including phenoxy) is 1. The van der Waals surface area contributed by atoms with E-state index < -0.39 is 45.0 Å². The van der Waals surface area contributed by atoms with Crippen LogP contribution < -0.4 is 9.64 Å². The summed E-state index contributed by atoms with van der Waals surface area (Å²) in [4.78, 5) is 23.2. The summed E-state index contributed by atoms with van der Waals surface area (Å²) >= 11 is 3.09. The van der Waals surface area contributed by atoms with E-state index in [2.05, 4.69) is 15.9 Å². The molecule has 1 aromatic rings. The predicted molar refractivity (Wildman–Crippen MR) is 78.1 cm³/mol. The summed E-state index contributed by atoms with van der Waals surface area (Å²) in [6, 6.07) is 2.37. The number of nitrogens with zero attached hydrogens (tertiary/aromatic N) is 2. The number of carbonyl (C=O) groups excluding carboxylic acids is 1. The maximum Gasteiger partial charge on any atom is 0.307 e. The van der Waals surface area contributed by atoms with Crippen molar-refractivity contribution in [2.75, 3.05) is 18.6 Å². The number of rotatable bonds is 4. The van der Waals surface area contributed by atoms with Crippen molar-refractivity contribution < 1.29 is 26.8 Å². The Balaban J connectivity index is 2.52. The number of nitro groups is 1. The number of benzene rings is 1. The van der Waals surface area contributed by atoms with Crippen LogP contribution in [0.5, 0.6) is 5.75 Å². The third kappa shape index (κ3) is 3.04. The Morgan fingerprint density at radius 2 is 2.14 bits per heavy atom. The normalized spacial score (nSPS) is 18.6. The van der Waals surface area contributed by atoms with E-state index in [1.54, 1.807) is 0 Å². The zero-order valence-corrected chi connectivity index (χ0v) is 13.6. The molecule has 0 saturated carbocycles. The lowest BCUT2D eigenvalue weighted by Crippen LogP contribution is -2.27. The molecule has 1 atom stereocenters. The Labute approximate surface area is 133 Å². The molecule has 1 amide bonds. The molecule has 1 unspecified atom stereocenters. The summed E-state index contributed by atoms with van der Waals surface area (Å²) < 4.78 is 40.2. The summed E-state index contributed by atoms with van der Waals surface area (Å²) in [6.07, 6.45) is -0.561. The standard InChI is InChI=1S/C11H10BrFN2O6S/c1-21-10-4-8(9(15(17)18)3-7(10)12)14-5-6(2-11(14)16)22(13,19)20/h3-4,6H,2,5H2,1H3. The lowest BCUT2D eigenvalue weighted by atomic mass is 10.2. The van der Waals surface area contributed by atoms with Crippen LogP contribution in [-0.4, -0.2) is 38.2 Å². The summed E-state index contributed by atoms with van der Waals surface area (Å²) in [5, 5.41) is 9.60. The molecular formula is C11H10BrFN2O6S. The molecule has 1 heterocycles. The van der Waals surface area contributed by atoms with Crippen molar-refractivity contribution in [3.05, 3.63) is 26.7 Å². The number of anilines is 1. The van der Waals surface area contributed by atoms with E-state index in [1.165, 1.54) is 13.2 Å². The molecule has 2 rings (SSSR count). The summed E-state index contributed by atoms with van der Waals surface area (Å²) in [7, 11) is -3.58. The average Bonchev–Trinajstić information content (AvgIpc) is 2.80. The fourth-order valence-corrected chi connectivity index (χ4v) is 3.31. The third-order valence-corrected chi connectivity index (χ3v) is 4.96. The Morgan fingerprint density at radius 1 is 1.50 bits per heavy atom. The van der Waals surface area contributed by atoms with Gasteiger partial charge in [0.15, 0.2) is 0 Å². The fraction of sp³-hybridized carbons (Fsp3) is 0.364. The SMILES string of the molecule is COc1cc(N2CC(S(=O)(=O)F)CC2=O)c([N+](=O)[O-])cc1Br. The average molecular weight is 397 g/mol. The molecule has 1 aliphatic rings. The Hall–Kier alpha value is -1.75. The highest BCUT2D eigenvalue weighted by molar-refractivity contribution is 9.10. The largest absolute Gasteiger partial charge is 0.495 e. The molecule has 22 heavy (non-hydrogen) atoms. The zero-order valence-electron chi connectivity index (χ0n) is 11.2. The van der Waals surface area contributed by atoms with Crippen LogP contribution in [0.3, 0.4) is 0 Å². The maximum absolute atomic E-state index is 13.1. The van der Waals surface area contributed by atoms with Crippen LogP contribution in [0.1, 0.15) is 6.42 Å². The van der Waals surface area contributed by atoms with E-state index in [9.17, 15) is 27.2 Å². The number of halogens is 2. The Kier molecular flexibility index (Phi) is 4.38. The van der Waals surface area contributed by atoms with Gasteiger partial charge in [0.1, 0.15) is 16.7 Å². The molecule has 1 fully saturated rings. The molecule has 1 aromatic carbocycles. The minimum Gasteiger partial charge on any atom is -0.495 e. The molecule has 0 bridgehead atoms. The minimum atomic E-state index is -4.91. The van der Waals surface area contributed by atoms with Crippen LogP contribution in [0.2, 0.25) is 0 Å². The minimum absolute atomic E-state index is 0.138. The highest BCUT2D eigenvalue weighted by Crippen LogP contribution is 2.40. The van der Waals surface area contributed by atoms with E-state index in [4.69, 9.17) is 4.74 Å². The van der Waals surface area contributed by atoms with Crippen LogP contribution in [0.4, 0.5) is 15.3 Å². The second-order valence-corrected chi connectivity index (χ2v) is 7.01. The van der Waals surface area contributed by atoms with Crippen LogP contribution >= 0.6 is 15.9 Å². The van der Waals surface area contributed by atoms with Gasteiger partial charge in [-0.25, -0.2) is 0 Å². The highest BCUT2D eigenvalue weighted by atomic mass is 79.9. The van der Waals surface area contributed by atoms with Gasteiger partial charge in [0.2, 0.25) is 5.91 Å². The zero-order chi connectivity index (χ0) is 16.7. The topological polar surface area (TPSA) is 107 Å². The van der Waals surface area contributed by atoms with E-state index in [-0.39, 0.29) is 11.4 Å². The smallest absolute Gasteiger partial charge is 0.307 e. The van der Waals surface area contributed by atoms with Crippen LogP contribution in [0.25, 0.3) is 0 Å². The van der Waals surface area contributed by atoms with Gasteiger partial charge in [-0.1, -0.05) is 0 Å². The maximum atomic E-state index is 13.1. The first kappa shape index (κ1) is 16.6. The van der Waals surface area contributed by atoms with Crippen LogP contribution in [0.15, 0.2) is 16.6 Å². The molecule has 11 heteroatoms. The Morgan fingerprint density at radius 3 is 2.59 bits per heavy atom. The number of methoxy groups -OCH3 is 1. The number of amides is 1. The summed E-state index contributed by atoms with van der Waals surface area (Å²) in [6.45, 7) is -0.483. The van der Waals surface area contributed by atoms with E-state index in [0.717, 1.165) is 11.0 Å². The van der Waals surface area contributed by atoms with Crippen molar-refractivity contribution in [2.24, 2.45) is 0 Å². The molecule has 120 valence electrons. The van der Waals surface area contributed by atoms with Gasteiger partial charge in [0, 0.05) is 25.1 Å². The number of nitro benzene ring substituents is 1. The van der Waals surface area contributed by atoms with E-state index in [1.807, 2.05) is 0 Å². The second-order valence-electron chi connectivity index (χ2n) is 4.54. The Bertz CT molecular complexity index is 753. The second kappa shape index (κ2) is 5.80. The van der Waals surface area contributed by atoms with Crippen molar-refractivity contribution in [1.29, 1.82) is 0 Å². The summed E-state index contributed by atoms with van der Waals surface area (Å²) in [5.41, 5.74) is -0.556. The molecule has 0 aliphatic carbocycles. The molecule has 0 aromatic heterocycles. The van der Waals surface area contributed by atoms with Crippen LogP contribution in [0, 0.1) is 10.1 Å². The number of hydrogen-bond acceptors (Lipinski definition) is 6. The quantitative estimate of drug-likeness (QED) is 0.436. The monoisotopic (exact) mass is 396 g/mol. The molecular weight excluding hydrogens is 387 g/mol. The van der Waals surface area contributed by atoms with Gasteiger partial charge in [-0.3, -0.25) is 14.9 Å². The van der Waals surface area contributed by atoms with Crippen molar-refractivity contribution >= 4 is 43.4 Å².